The highest BCUT2D eigenvalue weighted by Gasteiger charge is 2.30. The highest BCUT2D eigenvalue weighted by molar-refractivity contribution is 5.18. The second-order valence-electron chi connectivity index (χ2n) is 3.06. The van der Waals surface area contributed by atoms with Crippen LogP contribution in [0.2, 0.25) is 0 Å². The van der Waals surface area contributed by atoms with Crippen LogP contribution >= 0.6 is 0 Å². The number of nitrogens with zero attached hydrogens (tertiary/aromatic N) is 1. The van der Waals surface area contributed by atoms with Crippen LogP contribution in [0.4, 0.5) is 13.2 Å². The Hall–Kier alpha value is -1.14. The van der Waals surface area contributed by atoms with Crippen LogP contribution in [0.5, 0.6) is 0 Å². The van der Waals surface area contributed by atoms with Crippen molar-refractivity contribution < 1.29 is 18.3 Å². The monoisotopic (exact) mass is 220 g/mol. The van der Waals surface area contributed by atoms with E-state index in [0.29, 0.717) is 6.20 Å². The quantitative estimate of drug-likeness (QED) is 0.811. The predicted octanol–water partition coefficient (Wildman–Crippen LogP) is 1.48. The van der Waals surface area contributed by atoms with Gasteiger partial charge in [-0.1, -0.05) is 0 Å². The van der Waals surface area contributed by atoms with Crippen LogP contribution in [0.15, 0.2) is 18.3 Å². The number of hydrogen-bond donors (Lipinski definition) is 2. The van der Waals surface area contributed by atoms with E-state index < -0.39 is 17.8 Å². The molecule has 15 heavy (non-hydrogen) atoms. The molecule has 0 amide bonds. The first-order chi connectivity index (χ1) is 6.95. The lowest BCUT2D eigenvalue weighted by Crippen LogP contribution is -2.10. The molecule has 1 heterocycles. The predicted molar refractivity (Wildman–Crippen MR) is 47.9 cm³/mol. The Morgan fingerprint density at radius 1 is 1.40 bits per heavy atom. The molecule has 0 aromatic carbocycles. The van der Waals surface area contributed by atoms with Crippen molar-refractivity contribution in [3.63, 3.8) is 0 Å². The van der Waals surface area contributed by atoms with E-state index >= 15 is 0 Å². The van der Waals surface area contributed by atoms with Gasteiger partial charge in [0.1, 0.15) is 0 Å². The van der Waals surface area contributed by atoms with E-state index in [9.17, 15) is 18.3 Å². The lowest BCUT2D eigenvalue weighted by Gasteiger charge is -2.10. The number of aliphatic hydroxyl groups excluding tert-OH is 1. The summed E-state index contributed by atoms with van der Waals surface area (Å²) in [6.07, 6.45) is -4.32. The molecule has 3 nitrogen and oxygen atoms in total. The molecule has 0 aliphatic rings. The Kier molecular flexibility index (Phi) is 3.65. The summed E-state index contributed by atoms with van der Waals surface area (Å²) >= 11 is 0. The Bertz CT molecular complexity index is 310. The average Bonchev–Trinajstić information content (AvgIpc) is 2.17. The normalized spacial score (nSPS) is 13.9. The molecule has 6 heteroatoms. The zero-order valence-corrected chi connectivity index (χ0v) is 7.83. The first-order valence-electron chi connectivity index (χ1n) is 4.36. The van der Waals surface area contributed by atoms with Gasteiger partial charge in [0.15, 0.2) is 0 Å². The number of aliphatic hydroxyl groups is 1. The van der Waals surface area contributed by atoms with Crippen molar-refractivity contribution in [1.82, 2.24) is 4.98 Å². The van der Waals surface area contributed by atoms with Gasteiger partial charge in [0.25, 0.3) is 0 Å². The van der Waals surface area contributed by atoms with Crippen molar-refractivity contribution in [2.24, 2.45) is 5.73 Å². The van der Waals surface area contributed by atoms with Gasteiger partial charge in [0.05, 0.1) is 17.4 Å². The summed E-state index contributed by atoms with van der Waals surface area (Å²) in [5.41, 5.74) is 4.57. The van der Waals surface area contributed by atoms with Crippen LogP contribution in [0, 0.1) is 0 Å². The second kappa shape index (κ2) is 4.59. The van der Waals surface area contributed by atoms with Crippen LogP contribution in [0.1, 0.15) is 23.8 Å². The third kappa shape index (κ3) is 3.17. The van der Waals surface area contributed by atoms with Crippen molar-refractivity contribution in [3.8, 4) is 0 Å². The van der Waals surface area contributed by atoms with Gasteiger partial charge in [-0.25, -0.2) is 0 Å². The lowest BCUT2D eigenvalue weighted by atomic mass is 10.1. The molecule has 1 atom stereocenters. The second-order valence-corrected chi connectivity index (χ2v) is 3.06. The molecule has 0 unspecified atom stereocenters. The molecule has 1 aromatic rings. The maximum atomic E-state index is 12.1. The first-order valence-corrected chi connectivity index (χ1v) is 4.36. The zero-order valence-electron chi connectivity index (χ0n) is 7.83. The maximum absolute atomic E-state index is 12.1. The zero-order chi connectivity index (χ0) is 11.5. The molecule has 1 rings (SSSR count). The van der Waals surface area contributed by atoms with Gasteiger partial charge < -0.3 is 10.8 Å². The van der Waals surface area contributed by atoms with Gasteiger partial charge in [-0.05, 0) is 25.1 Å². The molecule has 0 fully saturated rings. The minimum absolute atomic E-state index is 0.202. The molecule has 0 radical (unpaired) electrons. The fourth-order valence-electron chi connectivity index (χ4n) is 1.08. The lowest BCUT2D eigenvalue weighted by molar-refractivity contribution is -0.137. The molecular weight excluding hydrogens is 209 g/mol. The van der Waals surface area contributed by atoms with Crippen molar-refractivity contribution in [2.75, 3.05) is 6.54 Å². The molecule has 0 aliphatic heterocycles. The van der Waals surface area contributed by atoms with Crippen molar-refractivity contribution >= 4 is 0 Å². The molecule has 84 valence electrons. The van der Waals surface area contributed by atoms with E-state index in [-0.39, 0.29) is 18.7 Å². The van der Waals surface area contributed by atoms with E-state index in [4.69, 9.17) is 5.73 Å². The number of halogens is 3. The van der Waals surface area contributed by atoms with E-state index in [1.54, 1.807) is 0 Å². The van der Waals surface area contributed by atoms with Gasteiger partial charge in [-0.3, -0.25) is 4.98 Å². The number of alkyl halides is 3. The summed E-state index contributed by atoms with van der Waals surface area (Å²) < 4.78 is 36.4. The number of pyridine rings is 1. The number of rotatable bonds is 3. The van der Waals surface area contributed by atoms with Gasteiger partial charge in [-0.2, -0.15) is 13.2 Å². The first kappa shape index (κ1) is 11.9. The number of nitrogens with two attached hydrogens (primary N) is 1. The van der Waals surface area contributed by atoms with Gasteiger partial charge in [0.2, 0.25) is 0 Å². The van der Waals surface area contributed by atoms with E-state index in [0.717, 1.165) is 12.1 Å². The fraction of sp³-hybridized carbons (Fsp3) is 0.444. The molecule has 0 aliphatic carbocycles. The van der Waals surface area contributed by atoms with Gasteiger partial charge in [0, 0.05) is 6.20 Å². The minimum atomic E-state index is -4.40. The van der Waals surface area contributed by atoms with Gasteiger partial charge in [-0.15, -0.1) is 0 Å². The highest BCUT2D eigenvalue weighted by atomic mass is 19.4. The summed E-state index contributed by atoms with van der Waals surface area (Å²) in [5, 5.41) is 9.39. The fourth-order valence-corrected chi connectivity index (χ4v) is 1.08. The summed E-state index contributed by atoms with van der Waals surface area (Å²) in [5.74, 6) is 0. The molecule has 3 N–H and O–H groups in total. The van der Waals surface area contributed by atoms with Crippen LogP contribution in [0.25, 0.3) is 0 Å². The molecule has 0 bridgehead atoms. The summed E-state index contributed by atoms with van der Waals surface area (Å²) in [6.45, 7) is 0.254. The SMILES string of the molecule is NCC[C@H](O)c1ccc(C(F)(F)F)cn1. The third-order valence-electron chi connectivity index (χ3n) is 1.90. The van der Waals surface area contributed by atoms with Crippen LogP contribution < -0.4 is 5.73 Å². The van der Waals surface area contributed by atoms with Crippen molar-refractivity contribution in [1.29, 1.82) is 0 Å². The molecule has 0 saturated carbocycles. The Morgan fingerprint density at radius 3 is 2.47 bits per heavy atom. The molecule has 0 saturated heterocycles. The molecular formula is C9H11F3N2O. The van der Waals surface area contributed by atoms with E-state index in [1.807, 2.05) is 0 Å². The van der Waals surface area contributed by atoms with Crippen molar-refractivity contribution in [3.05, 3.63) is 29.6 Å². The van der Waals surface area contributed by atoms with Crippen LogP contribution in [0.3, 0.4) is 0 Å². The molecule has 1 aromatic heterocycles. The van der Waals surface area contributed by atoms with Crippen LogP contribution in [-0.4, -0.2) is 16.6 Å². The topological polar surface area (TPSA) is 59.1 Å². The summed E-state index contributed by atoms with van der Waals surface area (Å²) in [7, 11) is 0. The van der Waals surface area contributed by atoms with Crippen LogP contribution in [-0.2, 0) is 6.18 Å². The summed E-state index contributed by atoms with van der Waals surface area (Å²) in [6, 6.07) is 2.05. The maximum Gasteiger partial charge on any atom is 0.417 e. The smallest absolute Gasteiger partial charge is 0.387 e. The number of hydrogen-bond acceptors (Lipinski definition) is 3. The van der Waals surface area contributed by atoms with Gasteiger partial charge >= 0.3 is 6.18 Å². The average molecular weight is 220 g/mol. The summed E-state index contributed by atoms with van der Waals surface area (Å²) in [4.78, 5) is 3.54. The third-order valence-corrected chi connectivity index (χ3v) is 1.90. The Balaban J connectivity index is 2.81. The van der Waals surface area contributed by atoms with Crippen molar-refractivity contribution in [2.45, 2.75) is 18.7 Å². The molecule has 0 spiro atoms. The van der Waals surface area contributed by atoms with E-state index in [2.05, 4.69) is 4.98 Å². The Labute approximate surface area is 84.7 Å². The minimum Gasteiger partial charge on any atom is -0.387 e. The largest absolute Gasteiger partial charge is 0.417 e. The number of aromatic nitrogens is 1. The van der Waals surface area contributed by atoms with E-state index in [1.165, 1.54) is 0 Å². The Morgan fingerprint density at radius 2 is 2.07 bits per heavy atom. The highest BCUT2D eigenvalue weighted by Crippen LogP contribution is 2.29. The standard InChI is InChI=1S/C9H11F3N2O/c10-9(11,12)6-1-2-7(14-5-6)8(15)3-4-13/h1-2,5,8,15H,3-4,13H2/t8-/m0/s1.